The van der Waals surface area contributed by atoms with Gasteiger partial charge in [0.25, 0.3) is 0 Å². The third kappa shape index (κ3) is 4.18. The molecule has 1 saturated heterocycles. The van der Waals surface area contributed by atoms with Crippen LogP contribution in [0.25, 0.3) is 0 Å². The Balaban J connectivity index is 1.76. The number of hydrogen-bond acceptors (Lipinski definition) is 3. The molecule has 1 aliphatic heterocycles. The summed E-state index contributed by atoms with van der Waals surface area (Å²) in [5, 5.41) is 3.04. The summed E-state index contributed by atoms with van der Waals surface area (Å²) >= 11 is 0. The van der Waals surface area contributed by atoms with Crippen molar-refractivity contribution in [3.05, 3.63) is 0 Å². The molecule has 0 unspecified atom stereocenters. The highest BCUT2D eigenvalue weighted by Crippen LogP contribution is 2.29. The van der Waals surface area contributed by atoms with Gasteiger partial charge in [0.2, 0.25) is 15.9 Å². The van der Waals surface area contributed by atoms with Crippen LogP contribution < -0.4 is 5.32 Å². The zero-order valence-corrected chi connectivity index (χ0v) is 12.4. The largest absolute Gasteiger partial charge is 0.353 e. The van der Waals surface area contributed by atoms with Crippen molar-refractivity contribution in [3.8, 4) is 0 Å². The second kappa shape index (κ2) is 6.22. The van der Waals surface area contributed by atoms with E-state index in [0.717, 1.165) is 38.5 Å². The molecule has 0 aromatic heterocycles. The molecule has 0 bridgehead atoms. The van der Waals surface area contributed by atoms with Crippen LogP contribution in [0.5, 0.6) is 0 Å². The van der Waals surface area contributed by atoms with Crippen LogP contribution in [0.1, 0.15) is 45.4 Å². The van der Waals surface area contributed by atoms with E-state index in [9.17, 15) is 13.2 Å². The maximum absolute atomic E-state index is 12.0. The molecule has 1 heterocycles. The van der Waals surface area contributed by atoms with E-state index in [4.69, 9.17) is 0 Å². The van der Waals surface area contributed by atoms with Crippen molar-refractivity contribution < 1.29 is 13.2 Å². The van der Waals surface area contributed by atoms with Crippen LogP contribution in [0.2, 0.25) is 0 Å². The van der Waals surface area contributed by atoms with Crippen molar-refractivity contribution in [2.75, 3.05) is 18.8 Å². The first-order chi connectivity index (χ1) is 9.03. The van der Waals surface area contributed by atoms with Gasteiger partial charge in [-0.1, -0.05) is 13.3 Å². The molecule has 1 saturated carbocycles. The van der Waals surface area contributed by atoms with Crippen molar-refractivity contribution in [2.24, 2.45) is 5.92 Å². The lowest BCUT2D eigenvalue weighted by Crippen LogP contribution is -2.47. The first-order valence-corrected chi connectivity index (χ1v) is 8.92. The quantitative estimate of drug-likeness (QED) is 0.796. The van der Waals surface area contributed by atoms with Crippen LogP contribution in [0, 0.1) is 5.92 Å². The summed E-state index contributed by atoms with van der Waals surface area (Å²) in [6.07, 6.45) is 5.12. The van der Waals surface area contributed by atoms with Crippen LogP contribution in [0.3, 0.4) is 0 Å². The van der Waals surface area contributed by atoms with Crippen LogP contribution >= 0.6 is 0 Å². The topological polar surface area (TPSA) is 66.5 Å². The van der Waals surface area contributed by atoms with Crippen molar-refractivity contribution in [3.63, 3.8) is 0 Å². The third-order valence-electron chi connectivity index (χ3n) is 3.90. The summed E-state index contributed by atoms with van der Waals surface area (Å²) in [6.45, 7) is 3.08. The summed E-state index contributed by atoms with van der Waals surface area (Å²) in [5.74, 6) is 0.640. The lowest BCUT2D eigenvalue weighted by Gasteiger charge is -2.31. The van der Waals surface area contributed by atoms with E-state index >= 15 is 0 Å². The summed E-state index contributed by atoms with van der Waals surface area (Å²) in [5.41, 5.74) is 0. The van der Waals surface area contributed by atoms with Crippen molar-refractivity contribution in [1.29, 1.82) is 0 Å². The molecule has 5 nitrogen and oxygen atoms in total. The van der Waals surface area contributed by atoms with Gasteiger partial charge in [-0.25, -0.2) is 12.7 Å². The van der Waals surface area contributed by atoms with Crippen LogP contribution in [0.4, 0.5) is 0 Å². The van der Waals surface area contributed by atoms with Crippen LogP contribution in [-0.2, 0) is 14.8 Å². The molecule has 6 heteroatoms. The average Bonchev–Trinajstić information content (AvgIpc) is 3.21. The van der Waals surface area contributed by atoms with Crippen molar-refractivity contribution in [2.45, 2.75) is 51.5 Å². The van der Waals surface area contributed by atoms with Crippen molar-refractivity contribution >= 4 is 15.9 Å². The Kier molecular flexibility index (Phi) is 4.84. The minimum Gasteiger partial charge on any atom is -0.353 e. The molecule has 0 atom stereocenters. The Bertz CT molecular complexity index is 410. The number of carbonyl (C=O) groups excluding carboxylic acids is 1. The van der Waals surface area contributed by atoms with Gasteiger partial charge in [-0.3, -0.25) is 4.79 Å². The number of hydrogen-bond donors (Lipinski definition) is 1. The Morgan fingerprint density at radius 1 is 1.21 bits per heavy atom. The van der Waals surface area contributed by atoms with E-state index in [2.05, 4.69) is 5.32 Å². The summed E-state index contributed by atoms with van der Waals surface area (Å²) in [6, 6.07) is 0.158. The lowest BCUT2D eigenvalue weighted by atomic mass is 10.1. The maximum atomic E-state index is 12.0. The highest BCUT2D eigenvalue weighted by Gasteiger charge is 2.33. The molecule has 1 N–H and O–H groups in total. The molecule has 1 aliphatic carbocycles. The molecule has 0 aromatic carbocycles. The van der Waals surface area contributed by atoms with Gasteiger partial charge in [0.1, 0.15) is 0 Å². The Hall–Kier alpha value is -0.620. The normalized spacial score (nSPS) is 22.4. The number of sulfonamides is 1. The van der Waals surface area contributed by atoms with E-state index in [-0.39, 0.29) is 23.6 Å². The molecular weight excluding hydrogens is 264 g/mol. The predicted octanol–water partition coefficient (Wildman–Crippen LogP) is 1.11. The van der Waals surface area contributed by atoms with E-state index in [1.54, 1.807) is 4.31 Å². The van der Waals surface area contributed by atoms with E-state index < -0.39 is 10.0 Å². The molecule has 1 amide bonds. The van der Waals surface area contributed by atoms with Gasteiger partial charge in [-0.15, -0.1) is 0 Å². The highest BCUT2D eigenvalue weighted by atomic mass is 32.2. The summed E-state index contributed by atoms with van der Waals surface area (Å²) in [4.78, 5) is 11.7. The lowest BCUT2D eigenvalue weighted by molar-refractivity contribution is -0.123. The zero-order chi connectivity index (χ0) is 13.9. The Labute approximate surface area is 115 Å². The number of rotatable bonds is 6. The number of unbranched alkanes of at least 4 members (excludes halogenated alkanes) is 1. The predicted molar refractivity (Wildman–Crippen MR) is 74.2 cm³/mol. The van der Waals surface area contributed by atoms with Crippen molar-refractivity contribution in [1.82, 2.24) is 9.62 Å². The molecular formula is C13H24N2O3S. The third-order valence-corrected chi connectivity index (χ3v) is 5.85. The molecule has 0 spiro atoms. The van der Waals surface area contributed by atoms with Crippen LogP contribution in [-0.4, -0.2) is 43.5 Å². The van der Waals surface area contributed by atoms with Crippen LogP contribution in [0.15, 0.2) is 0 Å². The minimum atomic E-state index is -3.08. The highest BCUT2D eigenvalue weighted by molar-refractivity contribution is 7.89. The number of nitrogens with zero attached hydrogens (tertiary/aromatic N) is 1. The fourth-order valence-corrected chi connectivity index (χ4v) is 4.08. The average molecular weight is 288 g/mol. The summed E-state index contributed by atoms with van der Waals surface area (Å²) < 4.78 is 25.6. The van der Waals surface area contributed by atoms with Gasteiger partial charge in [0.15, 0.2) is 0 Å². The number of nitrogens with one attached hydrogen (secondary N) is 1. The molecule has 2 rings (SSSR count). The fraction of sp³-hybridized carbons (Fsp3) is 0.923. The standard InChI is InChI=1S/C13H24N2O3S/c1-2-3-10-19(17,18)15-8-6-12(7-9-15)14-13(16)11-4-5-11/h11-12H,2-10H2,1H3,(H,14,16). The van der Waals surface area contributed by atoms with Gasteiger partial charge >= 0.3 is 0 Å². The van der Waals surface area contributed by atoms with Gasteiger partial charge in [-0.05, 0) is 32.1 Å². The maximum Gasteiger partial charge on any atom is 0.223 e. The minimum absolute atomic E-state index is 0.158. The second-order valence-corrected chi connectivity index (χ2v) is 7.71. The van der Waals surface area contributed by atoms with Gasteiger partial charge in [0, 0.05) is 25.0 Å². The zero-order valence-electron chi connectivity index (χ0n) is 11.6. The van der Waals surface area contributed by atoms with Gasteiger partial charge < -0.3 is 5.32 Å². The van der Waals surface area contributed by atoms with Gasteiger partial charge in [0.05, 0.1) is 5.75 Å². The summed E-state index contributed by atoms with van der Waals surface area (Å²) in [7, 11) is -3.08. The van der Waals surface area contributed by atoms with E-state index in [1.165, 1.54) is 0 Å². The molecule has 0 aromatic rings. The molecule has 0 radical (unpaired) electrons. The first kappa shape index (κ1) is 14.8. The molecule has 19 heavy (non-hydrogen) atoms. The number of carbonyl (C=O) groups is 1. The fourth-order valence-electron chi connectivity index (χ4n) is 2.40. The van der Waals surface area contributed by atoms with E-state index in [0.29, 0.717) is 13.1 Å². The van der Waals surface area contributed by atoms with E-state index in [1.807, 2.05) is 6.92 Å². The smallest absolute Gasteiger partial charge is 0.223 e. The molecule has 2 aliphatic rings. The first-order valence-electron chi connectivity index (χ1n) is 7.31. The monoisotopic (exact) mass is 288 g/mol. The number of amides is 1. The van der Waals surface area contributed by atoms with Gasteiger partial charge in [-0.2, -0.15) is 0 Å². The SMILES string of the molecule is CCCCS(=O)(=O)N1CCC(NC(=O)C2CC2)CC1. The molecule has 110 valence electrons. The molecule has 2 fully saturated rings. The Morgan fingerprint density at radius 3 is 2.37 bits per heavy atom. The number of piperidine rings is 1. The Morgan fingerprint density at radius 2 is 1.84 bits per heavy atom. The second-order valence-electron chi connectivity index (χ2n) is 5.63.